The molecule has 32 heavy (non-hydrogen) atoms. The molecule has 0 fully saturated rings. The van der Waals surface area contributed by atoms with Crippen LogP contribution < -0.4 is 14.5 Å². The van der Waals surface area contributed by atoms with Gasteiger partial charge in [-0.25, -0.2) is 15.0 Å². The molecular formula is C26H25N5O. The Bertz CT molecular complexity index is 1260. The van der Waals surface area contributed by atoms with E-state index in [1.165, 1.54) is 0 Å². The average Bonchev–Trinajstić information content (AvgIpc) is 2.83. The first kappa shape index (κ1) is 21.1. The number of hydrogen-bond acceptors (Lipinski definition) is 6. The molecule has 0 radical (unpaired) electrons. The van der Waals surface area contributed by atoms with Crippen LogP contribution in [0.1, 0.15) is 11.3 Å². The molecule has 0 saturated carbocycles. The third kappa shape index (κ3) is 5.13. The Hall–Kier alpha value is -4.11. The molecule has 160 valence electrons. The fourth-order valence-electron chi connectivity index (χ4n) is 3.14. The Labute approximate surface area is 188 Å². The second-order valence-electron chi connectivity index (χ2n) is 7.52. The van der Waals surface area contributed by atoms with Gasteiger partial charge in [0.15, 0.2) is 11.3 Å². The summed E-state index contributed by atoms with van der Waals surface area (Å²) in [5.41, 5.74) is 4.82. The number of anilines is 2. The van der Waals surface area contributed by atoms with Gasteiger partial charge in [0.1, 0.15) is 12.1 Å². The van der Waals surface area contributed by atoms with Crippen molar-refractivity contribution >= 4 is 22.5 Å². The number of fused-ring (bicyclic) bond motifs is 1. The highest BCUT2D eigenvalue weighted by atomic mass is 16.5. The predicted molar refractivity (Wildman–Crippen MR) is 129 cm³/mol. The molecule has 0 amide bonds. The minimum Gasteiger partial charge on any atom is -0.474 e. The van der Waals surface area contributed by atoms with Crippen LogP contribution in [-0.2, 0) is 0 Å². The first-order valence-corrected chi connectivity index (χ1v) is 10.4. The van der Waals surface area contributed by atoms with E-state index in [1.807, 2.05) is 80.6 Å². The lowest BCUT2D eigenvalue weighted by atomic mass is 10.2. The van der Waals surface area contributed by atoms with Gasteiger partial charge < -0.3 is 14.5 Å². The Kier molecular flexibility index (Phi) is 6.47. The van der Waals surface area contributed by atoms with Crippen molar-refractivity contribution in [2.75, 3.05) is 44.1 Å². The molecule has 2 aromatic heterocycles. The highest BCUT2D eigenvalue weighted by molar-refractivity contribution is 5.71. The third-order valence-corrected chi connectivity index (χ3v) is 4.96. The maximum absolute atomic E-state index is 6.03. The second kappa shape index (κ2) is 9.80. The standard InChI is InChI=1S/C26H25N5O/c1-30(2)22-12-7-9-20(19-22)14-15-24-26(29-23-13-8-16-27-25(23)28-24)32-18-17-31(3)21-10-5-4-6-11-21/h4-13,16,19H,17-18H2,1-3H3. The first-order valence-electron chi connectivity index (χ1n) is 10.4. The van der Waals surface area contributed by atoms with Gasteiger partial charge in [-0.05, 0) is 48.4 Å². The summed E-state index contributed by atoms with van der Waals surface area (Å²) in [6.45, 7) is 1.16. The Morgan fingerprint density at radius 1 is 0.844 bits per heavy atom. The zero-order valence-electron chi connectivity index (χ0n) is 18.5. The average molecular weight is 424 g/mol. The Morgan fingerprint density at radius 3 is 2.47 bits per heavy atom. The molecule has 6 nitrogen and oxygen atoms in total. The lowest BCUT2D eigenvalue weighted by Gasteiger charge is -2.19. The fraction of sp³-hybridized carbons (Fsp3) is 0.192. The normalized spacial score (nSPS) is 10.3. The van der Waals surface area contributed by atoms with Gasteiger partial charge in [0, 0.05) is 44.3 Å². The number of hydrogen-bond donors (Lipinski definition) is 0. The summed E-state index contributed by atoms with van der Waals surface area (Å²) in [6, 6.07) is 21.9. The van der Waals surface area contributed by atoms with E-state index in [2.05, 4.69) is 43.8 Å². The smallest absolute Gasteiger partial charge is 0.249 e. The maximum atomic E-state index is 6.03. The van der Waals surface area contributed by atoms with Crippen LogP contribution in [0.25, 0.3) is 11.2 Å². The molecule has 0 N–H and O–H groups in total. The number of benzene rings is 2. The zero-order valence-corrected chi connectivity index (χ0v) is 18.5. The Balaban J connectivity index is 1.58. The van der Waals surface area contributed by atoms with Crippen LogP contribution in [0.15, 0.2) is 72.9 Å². The van der Waals surface area contributed by atoms with Crippen LogP contribution in [0.4, 0.5) is 11.4 Å². The van der Waals surface area contributed by atoms with Crippen LogP contribution in [0.2, 0.25) is 0 Å². The second-order valence-corrected chi connectivity index (χ2v) is 7.52. The SMILES string of the molecule is CN(C)c1cccc(C#Cc2nc3ncccc3nc2OCCN(C)c2ccccc2)c1. The Morgan fingerprint density at radius 2 is 1.66 bits per heavy atom. The molecule has 0 aliphatic heterocycles. The van der Waals surface area contributed by atoms with E-state index in [0.717, 1.165) is 16.9 Å². The molecule has 0 saturated heterocycles. The van der Waals surface area contributed by atoms with E-state index in [9.17, 15) is 0 Å². The summed E-state index contributed by atoms with van der Waals surface area (Å²) in [7, 11) is 6.05. The lowest BCUT2D eigenvalue weighted by Crippen LogP contribution is -2.24. The van der Waals surface area contributed by atoms with Crippen molar-refractivity contribution in [3.8, 4) is 17.7 Å². The van der Waals surface area contributed by atoms with E-state index in [4.69, 9.17) is 4.74 Å². The van der Waals surface area contributed by atoms with Crippen LogP contribution in [0.3, 0.4) is 0 Å². The minimum absolute atomic E-state index is 0.420. The van der Waals surface area contributed by atoms with Gasteiger partial charge in [-0.2, -0.15) is 0 Å². The molecular weight excluding hydrogens is 398 g/mol. The molecule has 0 aliphatic rings. The van der Waals surface area contributed by atoms with Gasteiger partial charge in [0.25, 0.3) is 0 Å². The summed E-state index contributed by atoms with van der Waals surface area (Å²) in [6.07, 6.45) is 1.70. The molecule has 2 aromatic carbocycles. The van der Waals surface area contributed by atoms with Gasteiger partial charge in [-0.3, -0.25) is 0 Å². The summed E-state index contributed by atoms with van der Waals surface area (Å²) in [5.74, 6) is 6.75. The van der Waals surface area contributed by atoms with Gasteiger partial charge in [0.05, 0.1) is 6.54 Å². The minimum atomic E-state index is 0.420. The van der Waals surface area contributed by atoms with Crippen molar-refractivity contribution < 1.29 is 4.74 Å². The first-order chi connectivity index (χ1) is 15.6. The summed E-state index contributed by atoms with van der Waals surface area (Å²) in [5, 5.41) is 0. The van der Waals surface area contributed by atoms with Crippen molar-refractivity contribution in [3.63, 3.8) is 0 Å². The fourth-order valence-corrected chi connectivity index (χ4v) is 3.14. The number of para-hydroxylation sites is 1. The number of likely N-dealkylation sites (N-methyl/N-ethyl adjacent to an activating group) is 1. The van der Waals surface area contributed by atoms with Crippen LogP contribution in [-0.4, -0.2) is 49.2 Å². The van der Waals surface area contributed by atoms with Gasteiger partial charge in [-0.15, -0.1) is 0 Å². The molecule has 0 bridgehead atoms. The maximum Gasteiger partial charge on any atom is 0.249 e. The molecule has 0 unspecified atom stereocenters. The highest BCUT2D eigenvalue weighted by Crippen LogP contribution is 2.18. The molecule has 4 aromatic rings. The molecule has 0 atom stereocenters. The summed E-state index contributed by atoms with van der Waals surface area (Å²) >= 11 is 0. The van der Waals surface area contributed by atoms with Crippen molar-refractivity contribution in [2.24, 2.45) is 0 Å². The third-order valence-electron chi connectivity index (χ3n) is 4.96. The quantitative estimate of drug-likeness (QED) is 0.437. The number of pyridine rings is 1. The monoisotopic (exact) mass is 423 g/mol. The molecule has 2 heterocycles. The lowest BCUT2D eigenvalue weighted by molar-refractivity contribution is 0.312. The summed E-state index contributed by atoms with van der Waals surface area (Å²) < 4.78 is 6.03. The predicted octanol–water partition coefficient (Wildman–Crippen LogP) is 4.01. The van der Waals surface area contributed by atoms with E-state index in [1.54, 1.807) is 6.20 Å². The molecule has 6 heteroatoms. The van der Waals surface area contributed by atoms with Crippen LogP contribution >= 0.6 is 0 Å². The molecule has 0 aliphatic carbocycles. The van der Waals surface area contributed by atoms with Crippen LogP contribution in [0, 0.1) is 11.8 Å². The van der Waals surface area contributed by atoms with Gasteiger partial charge in [0.2, 0.25) is 5.88 Å². The van der Waals surface area contributed by atoms with Gasteiger partial charge >= 0.3 is 0 Å². The van der Waals surface area contributed by atoms with E-state index < -0.39 is 0 Å². The highest BCUT2D eigenvalue weighted by Gasteiger charge is 2.10. The van der Waals surface area contributed by atoms with Gasteiger partial charge in [-0.1, -0.05) is 30.2 Å². The number of rotatable bonds is 6. The van der Waals surface area contributed by atoms with Crippen molar-refractivity contribution in [1.82, 2.24) is 15.0 Å². The number of nitrogens with zero attached hydrogens (tertiary/aromatic N) is 5. The number of ether oxygens (including phenoxy) is 1. The van der Waals surface area contributed by atoms with E-state index in [0.29, 0.717) is 35.9 Å². The van der Waals surface area contributed by atoms with E-state index in [-0.39, 0.29) is 0 Å². The van der Waals surface area contributed by atoms with Crippen LogP contribution in [0.5, 0.6) is 5.88 Å². The van der Waals surface area contributed by atoms with Crippen molar-refractivity contribution in [3.05, 3.63) is 84.2 Å². The zero-order chi connectivity index (χ0) is 22.3. The van der Waals surface area contributed by atoms with Crippen molar-refractivity contribution in [2.45, 2.75) is 0 Å². The summed E-state index contributed by atoms with van der Waals surface area (Å²) in [4.78, 5) is 17.7. The van der Waals surface area contributed by atoms with Crippen molar-refractivity contribution in [1.29, 1.82) is 0 Å². The topological polar surface area (TPSA) is 54.4 Å². The molecule has 4 rings (SSSR count). The largest absolute Gasteiger partial charge is 0.474 e. The van der Waals surface area contributed by atoms with E-state index >= 15 is 0 Å². The molecule has 0 spiro atoms. The number of aromatic nitrogens is 3.